The van der Waals surface area contributed by atoms with Crippen molar-refractivity contribution in [1.29, 1.82) is 0 Å². The third kappa shape index (κ3) is 12.1. The molecule has 0 spiro atoms. The number of anilines is 1. The van der Waals surface area contributed by atoms with Gasteiger partial charge in [0, 0.05) is 37.7 Å². The van der Waals surface area contributed by atoms with Gasteiger partial charge < -0.3 is 44.4 Å². The molecular formula is C44H59ClN8O9. The number of rotatable bonds is 16. The van der Waals surface area contributed by atoms with Crippen LogP contribution >= 0.6 is 11.6 Å². The quantitative estimate of drug-likeness (QED) is 0.0972. The number of benzene rings is 2. The molecule has 17 nitrogen and oxygen atoms in total. The summed E-state index contributed by atoms with van der Waals surface area (Å²) in [5.41, 5.74) is 6.12. The van der Waals surface area contributed by atoms with Gasteiger partial charge in [-0.25, -0.2) is 29.3 Å². The van der Waals surface area contributed by atoms with Crippen LogP contribution in [0.4, 0.5) is 15.4 Å². The summed E-state index contributed by atoms with van der Waals surface area (Å²) < 4.78 is 38.7. The lowest BCUT2D eigenvalue weighted by molar-refractivity contribution is -0.205. The van der Waals surface area contributed by atoms with Crippen molar-refractivity contribution in [1.82, 2.24) is 34.6 Å². The number of ether oxygens (including phenoxy) is 6. The van der Waals surface area contributed by atoms with Crippen LogP contribution in [0.25, 0.3) is 11.2 Å². The van der Waals surface area contributed by atoms with Gasteiger partial charge in [-0.2, -0.15) is 0 Å². The SMILES string of the molecule is CC(C)(C)OC(=O)NC(CCN(CCN(CCc1ccc(Cl)cc1)C(=O)OC(C)(C)C)CC1OCC2(n3cnc4c(N)ncnc43)OC(C)(C)OC12)C(=O)OCc1ccccc1. The Labute approximate surface area is 367 Å². The van der Waals surface area contributed by atoms with Gasteiger partial charge in [-0.1, -0.05) is 54.1 Å². The van der Waals surface area contributed by atoms with E-state index < -0.39 is 59.1 Å². The fourth-order valence-electron chi connectivity index (χ4n) is 7.42. The van der Waals surface area contributed by atoms with Gasteiger partial charge in [-0.15, -0.1) is 0 Å². The summed E-state index contributed by atoms with van der Waals surface area (Å²) in [6.45, 7) is 15.9. The molecule has 4 heterocycles. The number of amides is 2. The first kappa shape index (κ1) is 46.4. The standard InChI is InChI=1S/C44H59ClN8O9/c1-41(2,3)60-39(55)50-32(38(54)57-25-30-12-10-9-11-13-30)19-20-51(22-23-52(40(56)61-42(4,5)6)21-18-29-14-16-31(45)17-15-29)24-33-35-44(26-58-33,62-43(7,8)59-35)53-28-49-34-36(46)47-27-48-37(34)53/h9-17,27-28,32-33,35H,18-26H2,1-8H3,(H,50,55)(H2,46,47,48). The zero-order valence-electron chi connectivity index (χ0n) is 36.8. The van der Waals surface area contributed by atoms with Gasteiger partial charge in [0.05, 0.1) is 12.9 Å². The lowest BCUT2D eigenvalue weighted by Gasteiger charge is -2.33. The number of esters is 1. The monoisotopic (exact) mass is 878 g/mol. The Kier molecular flexibility index (Phi) is 14.3. The van der Waals surface area contributed by atoms with Crippen molar-refractivity contribution in [3.63, 3.8) is 0 Å². The number of nitrogens with one attached hydrogen (secondary N) is 1. The molecule has 18 heteroatoms. The van der Waals surface area contributed by atoms with Crippen molar-refractivity contribution in [2.24, 2.45) is 0 Å². The average Bonchev–Trinajstić information content (AvgIpc) is 3.85. The summed E-state index contributed by atoms with van der Waals surface area (Å²) in [5.74, 6) is -1.42. The second-order valence-corrected chi connectivity index (χ2v) is 18.4. The predicted octanol–water partition coefficient (Wildman–Crippen LogP) is 6.07. The van der Waals surface area contributed by atoms with Gasteiger partial charge in [-0.05, 0) is 91.5 Å². The fraction of sp³-hybridized carbons (Fsp3) is 0.545. The highest BCUT2D eigenvalue weighted by Crippen LogP contribution is 2.47. The number of nitrogen functional groups attached to an aromatic ring is 1. The van der Waals surface area contributed by atoms with Crippen LogP contribution in [-0.4, -0.2) is 122 Å². The zero-order chi connectivity index (χ0) is 44.9. The number of imidazole rings is 1. The minimum absolute atomic E-state index is 0.0145. The van der Waals surface area contributed by atoms with Crippen LogP contribution < -0.4 is 11.1 Å². The number of alkyl carbamates (subject to hydrolysis) is 1. The first-order chi connectivity index (χ1) is 29.2. The summed E-state index contributed by atoms with van der Waals surface area (Å²) in [6.07, 6.45) is 1.17. The molecule has 336 valence electrons. The van der Waals surface area contributed by atoms with Gasteiger partial charge in [0.1, 0.15) is 47.9 Å². The Hall–Kier alpha value is -5.07. The van der Waals surface area contributed by atoms with E-state index in [9.17, 15) is 14.4 Å². The molecule has 62 heavy (non-hydrogen) atoms. The van der Waals surface area contributed by atoms with Crippen molar-refractivity contribution in [2.75, 3.05) is 45.1 Å². The molecule has 2 aromatic heterocycles. The van der Waals surface area contributed by atoms with Crippen LogP contribution in [0, 0.1) is 0 Å². The lowest BCUT2D eigenvalue weighted by Crippen LogP contribution is -2.50. The Morgan fingerprint density at radius 2 is 1.65 bits per heavy atom. The predicted molar refractivity (Wildman–Crippen MR) is 231 cm³/mol. The third-order valence-corrected chi connectivity index (χ3v) is 10.4. The van der Waals surface area contributed by atoms with Crippen LogP contribution in [0.3, 0.4) is 0 Å². The molecule has 2 aliphatic heterocycles. The fourth-order valence-corrected chi connectivity index (χ4v) is 7.54. The van der Waals surface area contributed by atoms with E-state index in [1.54, 1.807) is 36.6 Å². The summed E-state index contributed by atoms with van der Waals surface area (Å²) >= 11 is 6.15. The normalized spacial score (nSPS) is 20.2. The van der Waals surface area contributed by atoms with E-state index in [4.69, 9.17) is 45.8 Å². The van der Waals surface area contributed by atoms with Crippen molar-refractivity contribution in [3.8, 4) is 0 Å². The van der Waals surface area contributed by atoms with E-state index in [1.165, 1.54) is 6.33 Å². The largest absolute Gasteiger partial charge is 0.459 e. The molecule has 4 unspecified atom stereocenters. The number of fused-ring (bicyclic) bond motifs is 2. The first-order valence-electron chi connectivity index (χ1n) is 20.8. The van der Waals surface area contributed by atoms with Gasteiger partial charge in [0.25, 0.3) is 0 Å². The van der Waals surface area contributed by atoms with E-state index in [1.807, 2.05) is 89.2 Å². The number of carbonyl (C=O) groups is 3. The summed E-state index contributed by atoms with van der Waals surface area (Å²) in [5, 5.41) is 3.36. The number of halogens is 1. The maximum Gasteiger partial charge on any atom is 0.410 e. The van der Waals surface area contributed by atoms with Crippen LogP contribution in [0.1, 0.15) is 72.9 Å². The van der Waals surface area contributed by atoms with E-state index in [-0.39, 0.29) is 45.1 Å². The highest BCUT2D eigenvalue weighted by molar-refractivity contribution is 6.30. The molecule has 2 aromatic carbocycles. The van der Waals surface area contributed by atoms with E-state index in [2.05, 4.69) is 25.2 Å². The minimum Gasteiger partial charge on any atom is -0.459 e. The summed E-state index contributed by atoms with van der Waals surface area (Å²) in [7, 11) is 0. The van der Waals surface area contributed by atoms with Crippen LogP contribution in [0.15, 0.2) is 67.3 Å². The topological polar surface area (TPSA) is 195 Å². The van der Waals surface area contributed by atoms with Crippen LogP contribution in [0.2, 0.25) is 5.02 Å². The molecular weight excluding hydrogens is 820 g/mol. The second-order valence-electron chi connectivity index (χ2n) is 18.0. The molecule has 0 bridgehead atoms. The highest BCUT2D eigenvalue weighted by Gasteiger charge is 2.63. The Morgan fingerprint density at radius 1 is 0.935 bits per heavy atom. The smallest absolute Gasteiger partial charge is 0.410 e. The van der Waals surface area contributed by atoms with E-state index in [0.717, 1.165) is 11.1 Å². The molecule has 6 rings (SSSR count). The molecule has 0 radical (unpaired) electrons. The lowest BCUT2D eigenvalue weighted by atomic mass is 10.0. The number of nitrogens with two attached hydrogens (primary N) is 1. The zero-order valence-corrected chi connectivity index (χ0v) is 37.5. The van der Waals surface area contributed by atoms with Gasteiger partial charge in [0.15, 0.2) is 17.3 Å². The molecule has 3 N–H and O–H groups in total. The molecule has 2 fully saturated rings. The maximum absolute atomic E-state index is 13.8. The van der Waals surface area contributed by atoms with Crippen molar-refractivity contribution < 1.29 is 42.8 Å². The van der Waals surface area contributed by atoms with Crippen LogP contribution in [0.5, 0.6) is 0 Å². The first-order valence-corrected chi connectivity index (χ1v) is 21.2. The Morgan fingerprint density at radius 3 is 2.34 bits per heavy atom. The van der Waals surface area contributed by atoms with Crippen molar-refractivity contribution >= 4 is 46.7 Å². The average molecular weight is 879 g/mol. The minimum atomic E-state index is -1.17. The van der Waals surface area contributed by atoms with Gasteiger partial charge >= 0.3 is 18.2 Å². The number of hydrogen-bond acceptors (Lipinski definition) is 14. The molecule has 4 aromatic rings. The second kappa shape index (κ2) is 19.1. The number of carbonyl (C=O) groups excluding carboxylic acids is 3. The van der Waals surface area contributed by atoms with Gasteiger partial charge in [-0.3, -0.25) is 9.47 Å². The Bertz CT molecular complexity index is 2160. The van der Waals surface area contributed by atoms with E-state index in [0.29, 0.717) is 35.7 Å². The molecule has 0 saturated carbocycles. The van der Waals surface area contributed by atoms with Crippen LogP contribution in [-0.2, 0) is 52.0 Å². The summed E-state index contributed by atoms with van der Waals surface area (Å²) in [6, 6.07) is 15.7. The molecule has 0 aliphatic carbocycles. The number of aromatic nitrogens is 4. The molecule has 2 amide bonds. The molecule has 2 aliphatic rings. The molecule has 2 saturated heterocycles. The maximum atomic E-state index is 13.8. The molecule has 4 atom stereocenters. The third-order valence-electron chi connectivity index (χ3n) is 10.2. The van der Waals surface area contributed by atoms with Crippen molar-refractivity contribution in [2.45, 2.75) is 116 Å². The Balaban J connectivity index is 1.27. The van der Waals surface area contributed by atoms with E-state index >= 15 is 0 Å². The number of hydrogen-bond donors (Lipinski definition) is 2. The van der Waals surface area contributed by atoms with Gasteiger partial charge in [0.2, 0.25) is 5.72 Å². The highest BCUT2D eigenvalue weighted by atomic mass is 35.5. The van der Waals surface area contributed by atoms with Crippen molar-refractivity contribution in [3.05, 3.63) is 83.4 Å². The number of nitrogens with zero attached hydrogens (tertiary/aromatic N) is 6. The summed E-state index contributed by atoms with van der Waals surface area (Å²) in [4.78, 5) is 57.4.